The molecule has 0 radical (unpaired) electrons. The van der Waals surface area contributed by atoms with E-state index < -0.39 is 36.3 Å². The van der Waals surface area contributed by atoms with Crippen LogP contribution >= 0.6 is 11.3 Å². The number of anilines is 1. The summed E-state index contributed by atoms with van der Waals surface area (Å²) in [6, 6.07) is 0.825. The van der Waals surface area contributed by atoms with Gasteiger partial charge < -0.3 is 14.8 Å². The van der Waals surface area contributed by atoms with Crippen LogP contribution in [0.2, 0.25) is 0 Å². The molecule has 0 saturated heterocycles. The maximum absolute atomic E-state index is 12.8. The average molecular weight is 447 g/mol. The van der Waals surface area contributed by atoms with E-state index in [-0.39, 0.29) is 39.9 Å². The summed E-state index contributed by atoms with van der Waals surface area (Å²) in [6.07, 6.45) is -4.64. The Balaban J connectivity index is 2.31. The summed E-state index contributed by atoms with van der Waals surface area (Å²) >= 11 is 0.824. The van der Waals surface area contributed by atoms with Gasteiger partial charge in [-0.2, -0.15) is 18.3 Å². The van der Waals surface area contributed by atoms with Gasteiger partial charge in [0.2, 0.25) is 5.91 Å². The van der Waals surface area contributed by atoms with Crippen LogP contribution < -0.4 is 5.32 Å². The van der Waals surface area contributed by atoms with Gasteiger partial charge in [-0.05, 0) is 39.3 Å². The molecular weight excluding hydrogens is 427 g/mol. The number of alkyl halides is 3. The molecule has 2 aromatic rings. The third-order valence-electron chi connectivity index (χ3n) is 3.91. The van der Waals surface area contributed by atoms with Gasteiger partial charge in [-0.25, -0.2) is 9.59 Å². The van der Waals surface area contributed by atoms with E-state index in [4.69, 9.17) is 9.47 Å². The molecule has 12 heteroatoms. The van der Waals surface area contributed by atoms with Gasteiger partial charge in [0.15, 0.2) is 5.69 Å². The summed E-state index contributed by atoms with van der Waals surface area (Å²) in [5.41, 5.74) is -0.706. The highest BCUT2D eigenvalue weighted by atomic mass is 32.1. The summed E-state index contributed by atoms with van der Waals surface area (Å²) in [6.45, 7) is 5.79. The molecular formula is C18H20F3N3O5S. The minimum Gasteiger partial charge on any atom is -0.462 e. The number of carbonyl (C=O) groups is 3. The Morgan fingerprint density at radius 3 is 2.27 bits per heavy atom. The van der Waals surface area contributed by atoms with Crippen molar-refractivity contribution in [2.45, 2.75) is 40.4 Å². The molecule has 1 N–H and O–H groups in total. The first kappa shape index (κ1) is 23.4. The van der Waals surface area contributed by atoms with Crippen molar-refractivity contribution in [3.05, 3.63) is 33.5 Å². The Hall–Kier alpha value is -2.89. The molecule has 0 saturated carbocycles. The van der Waals surface area contributed by atoms with Crippen molar-refractivity contribution in [3.63, 3.8) is 0 Å². The summed E-state index contributed by atoms with van der Waals surface area (Å²) < 4.78 is 49.2. The minimum absolute atomic E-state index is 0.00794. The lowest BCUT2D eigenvalue weighted by Crippen LogP contribution is -2.21. The van der Waals surface area contributed by atoms with Crippen LogP contribution in [0.5, 0.6) is 0 Å². The molecule has 0 aliphatic heterocycles. The lowest BCUT2D eigenvalue weighted by atomic mass is 10.1. The number of hydrogen-bond acceptors (Lipinski definition) is 7. The number of amides is 1. The van der Waals surface area contributed by atoms with E-state index in [1.807, 2.05) is 0 Å². The lowest BCUT2D eigenvalue weighted by Gasteiger charge is -2.08. The molecule has 8 nitrogen and oxygen atoms in total. The maximum Gasteiger partial charge on any atom is 0.435 e. The third kappa shape index (κ3) is 5.17. The number of nitrogens with one attached hydrogen (secondary N) is 1. The van der Waals surface area contributed by atoms with Crippen molar-refractivity contribution in [2.24, 2.45) is 0 Å². The van der Waals surface area contributed by atoms with E-state index in [0.717, 1.165) is 22.1 Å². The van der Waals surface area contributed by atoms with Crippen LogP contribution in [0.15, 0.2) is 6.07 Å². The number of rotatable bonds is 7. The molecule has 0 aliphatic rings. The fraction of sp³-hybridized carbons (Fsp3) is 0.444. The maximum atomic E-state index is 12.8. The van der Waals surface area contributed by atoms with Crippen molar-refractivity contribution in [2.75, 3.05) is 18.5 Å². The number of thiophene rings is 1. The zero-order valence-corrected chi connectivity index (χ0v) is 17.5. The first-order chi connectivity index (χ1) is 14.0. The fourth-order valence-corrected chi connectivity index (χ4v) is 3.66. The van der Waals surface area contributed by atoms with Gasteiger partial charge in [0.1, 0.15) is 16.4 Å². The van der Waals surface area contributed by atoms with Crippen molar-refractivity contribution in [1.29, 1.82) is 0 Å². The van der Waals surface area contributed by atoms with Crippen LogP contribution in [0.25, 0.3) is 0 Å². The molecule has 30 heavy (non-hydrogen) atoms. The molecule has 0 atom stereocenters. The minimum atomic E-state index is -4.64. The van der Waals surface area contributed by atoms with Crippen molar-refractivity contribution in [3.8, 4) is 0 Å². The number of ether oxygens (including phenoxy) is 2. The molecule has 0 fully saturated rings. The van der Waals surface area contributed by atoms with Gasteiger partial charge in [-0.3, -0.25) is 9.48 Å². The highest BCUT2D eigenvalue weighted by Crippen LogP contribution is 2.34. The number of nitrogens with zero attached hydrogens (tertiary/aromatic N) is 2. The average Bonchev–Trinajstić information content (AvgIpc) is 3.15. The topological polar surface area (TPSA) is 99.5 Å². The van der Waals surface area contributed by atoms with Crippen LogP contribution in [-0.2, 0) is 27.0 Å². The Bertz CT molecular complexity index is 965. The number of carbonyl (C=O) groups excluding carboxylic acids is 3. The molecule has 164 valence electrons. The quantitative estimate of drug-likeness (QED) is 0.652. The SMILES string of the molecule is CCOC(=O)c1sc(NC(=O)Cn2nc(C(F)(F)F)cc2C)c(C(=O)OCC)c1C. The van der Waals surface area contributed by atoms with Crippen LogP contribution in [-0.4, -0.2) is 40.8 Å². The number of esters is 2. The summed E-state index contributed by atoms with van der Waals surface area (Å²) in [5.74, 6) is -2.13. The predicted molar refractivity (Wildman–Crippen MR) is 102 cm³/mol. The normalized spacial score (nSPS) is 11.3. The Morgan fingerprint density at radius 1 is 1.13 bits per heavy atom. The smallest absolute Gasteiger partial charge is 0.435 e. The molecule has 0 spiro atoms. The molecule has 1 amide bonds. The lowest BCUT2D eigenvalue weighted by molar-refractivity contribution is -0.141. The van der Waals surface area contributed by atoms with Crippen LogP contribution in [0.4, 0.5) is 18.2 Å². The second-order valence-electron chi connectivity index (χ2n) is 6.08. The molecule has 2 heterocycles. The first-order valence-electron chi connectivity index (χ1n) is 8.88. The van der Waals surface area contributed by atoms with Gasteiger partial charge in [0.05, 0.1) is 18.8 Å². The van der Waals surface area contributed by atoms with E-state index in [0.29, 0.717) is 0 Å². The van der Waals surface area contributed by atoms with Crippen molar-refractivity contribution >= 4 is 34.2 Å². The zero-order chi connectivity index (χ0) is 22.6. The van der Waals surface area contributed by atoms with E-state index >= 15 is 0 Å². The predicted octanol–water partition coefficient (Wildman–Crippen LogP) is 3.57. The highest BCUT2D eigenvalue weighted by molar-refractivity contribution is 7.18. The molecule has 0 aromatic carbocycles. The molecule has 2 rings (SSSR count). The van der Waals surface area contributed by atoms with E-state index in [1.165, 1.54) is 13.8 Å². The van der Waals surface area contributed by atoms with Crippen LogP contribution in [0.3, 0.4) is 0 Å². The van der Waals surface area contributed by atoms with Gasteiger partial charge >= 0.3 is 18.1 Å². The van der Waals surface area contributed by atoms with Gasteiger partial charge in [-0.1, -0.05) is 0 Å². The standard InChI is InChI=1S/C18H20F3N3O5S/c1-5-28-16(26)13-10(4)14(17(27)29-6-2)30-15(13)22-12(25)8-24-9(3)7-11(23-24)18(19,20)21/h7H,5-6,8H2,1-4H3,(H,22,25). The number of aromatic nitrogens is 2. The van der Waals surface area contributed by atoms with Crippen LogP contribution in [0, 0.1) is 13.8 Å². The largest absolute Gasteiger partial charge is 0.462 e. The molecule has 0 bridgehead atoms. The molecule has 2 aromatic heterocycles. The van der Waals surface area contributed by atoms with E-state index in [1.54, 1.807) is 13.8 Å². The Kier molecular flexibility index (Phi) is 7.24. The van der Waals surface area contributed by atoms with E-state index in [2.05, 4.69) is 10.4 Å². The summed E-state index contributed by atoms with van der Waals surface area (Å²) in [7, 11) is 0. The van der Waals surface area contributed by atoms with Crippen LogP contribution in [0.1, 0.15) is 50.8 Å². The Morgan fingerprint density at radius 2 is 1.73 bits per heavy atom. The van der Waals surface area contributed by atoms with Gasteiger partial charge in [-0.15, -0.1) is 11.3 Å². The summed E-state index contributed by atoms with van der Waals surface area (Å²) in [5, 5.41) is 5.90. The second kappa shape index (κ2) is 9.28. The first-order valence-corrected chi connectivity index (χ1v) is 9.70. The second-order valence-corrected chi connectivity index (χ2v) is 7.10. The van der Waals surface area contributed by atoms with Crippen molar-refractivity contribution < 1.29 is 37.0 Å². The number of halogens is 3. The van der Waals surface area contributed by atoms with Crippen molar-refractivity contribution in [1.82, 2.24) is 9.78 Å². The number of hydrogen-bond donors (Lipinski definition) is 1. The third-order valence-corrected chi connectivity index (χ3v) is 5.09. The van der Waals surface area contributed by atoms with Gasteiger partial charge in [0, 0.05) is 5.69 Å². The number of aryl methyl sites for hydroxylation is 1. The molecule has 0 unspecified atom stereocenters. The highest BCUT2D eigenvalue weighted by Gasteiger charge is 2.34. The monoisotopic (exact) mass is 447 g/mol. The van der Waals surface area contributed by atoms with Gasteiger partial charge in [0.25, 0.3) is 0 Å². The van der Waals surface area contributed by atoms with E-state index in [9.17, 15) is 27.6 Å². The summed E-state index contributed by atoms with van der Waals surface area (Å²) in [4.78, 5) is 37.0. The molecule has 0 aliphatic carbocycles. The Labute approximate surface area is 174 Å². The zero-order valence-electron chi connectivity index (χ0n) is 16.7. The fourth-order valence-electron chi connectivity index (χ4n) is 2.55.